The second-order valence-corrected chi connectivity index (χ2v) is 6.65. The van der Waals surface area contributed by atoms with Crippen molar-refractivity contribution < 1.29 is 19.5 Å². The molecule has 3 atom stereocenters. The Balaban J connectivity index is 2.72. The van der Waals surface area contributed by atoms with Gasteiger partial charge in [-0.1, -0.05) is 6.92 Å². The Bertz CT molecular complexity index is 436. The summed E-state index contributed by atoms with van der Waals surface area (Å²) in [6.45, 7) is 2.28. The average Bonchev–Trinajstić information content (AvgIpc) is 2.55. The highest BCUT2D eigenvalue weighted by Crippen LogP contribution is 2.03. The Morgan fingerprint density at radius 3 is 2.46 bits per heavy atom. The number of rotatable bonds is 4. The van der Waals surface area contributed by atoms with Crippen molar-refractivity contribution in [1.82, 2.24) is 21.3 Å². The summed E-state index contributed by atoms with van der Waals surface area (Å²) < 4.78 is 0. The largest absolute Gasteiger partial charge is 0.379 e. The van der Waals surface area contributed by atoms with Crippen LogP contribution in [0.4, 0.5) is 0 Å². The van der Waals surface area contributed by atoms with Gasteiger partial charge in [0.15, 0.2) is 0 Å². The molecule has 0 aromatic heterocycles. The highest BCUT2D eigenvalue weighted by Gasteiger charge is 2.23. The first-order chi connectivity index (χ1) is 11.5. The first-order valence-electron chi connectivity index (χ1n) is 8.25. The van der Waals surface area contributed by atoms with Crippen LogP contribution in [0.15, 0.2) is 0 Å². The molecule has 1 unspecified atom stereocenters. The van der Waals surface area contributed by atoms with Crippen molar-refractivity contribution in [3.63, 3.8) is 0 Å². The lowest BCUT2D eigenvalue weighted by molar-refractivity contribution is -0.129. The number of carbonyl (C=O) groups excluding carboxylic acids is 3. The summed E-state index contributed by atoms with van der Waals surface area (Å²) in [5.41, 5.74) is 0. The van der Waals surface area contributed by atoms with Crippen LogP contribution in [0, 0.1) is 0 Å². The molecule has 3 amide bonds. The van der Waals surface area contributed by atoms with Crippen LogP contribution >= 0.6 is 11.8 Å². The van der Waals surface area contributed by atoms with Crippen molar-refractivity contribution in [1.29, 1.82) is 0 Å². The SMILES string of the molecule is CC[C@@H]1NC(O)CCNC(=O)[C@H](CCSC)NC(=O)CCNC1=O. The first kappa shape index (κ1) is 20.7. The Labute approximate surface area is 146 Å². The molecular weight excluding hydrogens is 332 g/mol. The van der Waals surface area contributed by atoms with Crippen LogP contribution in [-0.2, 0) is 14.4 Å². The fraction of sp³-hybridized carbons (Fsp3) is 0.800. The molecule has 0 bridgehead atoms. The monoisotopic (exact) mass is 360 g/mol. The fourth-order valence-corrected chi connectivity index (χ4v) is 2.81. The molecule has 1 heterocycles. The van der Waals surface area contributed by atoms with Gasteiger partial charge < -0.3 is 21.1 Å². The van der Waals surface area contributed by atoms with Crippen molar-refractivity contribution in [3.05, 3.63) is 0 Å². The lowest BCUT2D eigenvalue weighted by Gasteiger charge is -2.23. The van der Waals surface area contributed by atoms with Crippen LogP contribution in [0.1, 0.15) is 32.6 Å². The van der Waals surface area contributed by atoms with E-state index in [4.69, 9.17) is 0 Å². The zero-order valence-corrected chi connectivity index (χ0v) is 15.1. The molecule has 1 aliphatic rings. The molecule has 1 rings (SSSR count). The molecule has 0 saturated carbocycles. The zero-order valence-electron chi connectivity index (χ0n) is 14.3. The zero-order chi connectivity index (χ0) is 17.9. The summed E-state index contributed by atoms with van der Waals surface area (Å²) in [5, 5.41) is 20.9. The van der Waals surface area contributed by atoms with Crippen LogP contribution in [-0.4, -0.2) is 66.2 Å². The molecule has 9 heteroatoms. The summed E-state index contributed by atoms with van der Waals surface area (Å²) in [5.74, 6) is -0.0194. The molecule has 0 radical (unpaired) electrons. The number of aliphatic hydroxyl groups excluding tert-OH is 1. The first-order valence-corrected chi connectivity index (χ1v) is 9.65. The Morgan fingerprint density at radius 1 is 1.12 bits per heavy atom. The van der Waals surface area contributed by atoms with Gasteiger partial charge in [0.1, 0.15) is 12.3 Å². The van der Waals surface area contributed by atoms with Gasteiger partial charge in [0.2, 0.25) is 17.7 Å². The maximum atomic E-state index is 12.2. The van der Waals surface area contributed by atoms with E-state index in [1.807, 2.05) is 13.2 Å². The van der Waals surface area contributed by atoms with Crippen LogP contribution in [0.3, 0.4) is 0 Å². The highest BCUT2D eigenvalue weighted by atomic mass is 32.2. The van der Waals surface area contributed by atoms with Gasteiger partial charge >= 0.3 is 0 Å². The van der Waals surface area contributed by atoms with Crippen molar-refractivity contribution in [2.45, 2.75) is 50.9 Å². The van der Waals surface area contributed by atoms with Crippen LogP contribution in [0.25, 0.3) is 0 Å². The van der Waals surface area contributed by atoms with Gasteiger partial charge in [0.25, 0.3) is 0 Å². The summed E-state index contributed by atoms with van der Waals surface area (Å²) in [6.07, 6.45) is 2.47. The van der Waals surface area contributed by atoms with Crippen molar-refractivity contribution in [2.24, 2.45) is 0 Å². The standard InChI is InChI=1S/C15H28N4O4S/c1-3-10-14(22)16-7-5-13(21)19-11(6-9-24-2)15(23)17-8-4-12(20)18-10/h10-12,18,20H,3-9H2,1-2H3,(H,16,22)(H,17,23)(H,19,21)/t10-,11-,12?/m0/s1. The fourth-order valence-electron chi connectivity index (χ4n) is 2.34. The maximum absolute atomic E-state index is 12.2. The Hall–Kier alpha value is -1.32. The number of nitrogens with one attached hydrogen (secondary N) is 4. The molecule has 0 aromatic carbocycles. The summed E-state index contributed by atoms with van der Waals surface area (Å²) >= 11 is 1.60. The Morgan fingerprint density at radius 2 is 1.79 bits per heavy atom. The predicted octanol–water partition coefficient (Wildman–Crippen LogP) is -1.06. The van der Waals surface area contributed by atoms with E-state index in [0.717, 1.165) is 5.75 Å². The highest BCUT2D eigenvalue weighted by molar-refractivity contribution is 7.98. The normalized spacial score (nSPS) is 27.6. The van der Waals surface area contributed by atoms with E-state index in [-0.39, 0.29) is 43.7 Å². The minimum Gasteiger partial charge on any atom is -0.379 e. The molecule has 0 aromatic rings. The van der Waals surface area contributed by atoms with E-state index in [1.165, 1.54) is 0 Å². The van der Waals surface area contributed by atoms with Crippen molar-refractivity contribution >= 4 is 29.5 Å². The number of amides is 3. The second-order valence-electron chi connectivity index (χ2n) is 5.67. The van der Waals surface area contributed by atoms with Crippen molar-refractivity contribution in [3.8, 4) is 0 Å². The lowest BCUT2D eigenvalue weighted by atomic mass is 10.1. The molecule has 8 nitrogen and oxygen atoms in total. The van der Waals surface area contributed by atoms with Crippen LogP contribution < -0.4 is 21.3 Å². The van der Waals surface area contributed by atoms with Crippen LogP contribution in [0.2, 0.25) is 0 Å². The number of aliphatic hydroxyl groups is 1. The average molecular weight is 360 g/mol. The quantitative estimate of drug-likeness (QED) is 0.436. The molecule has 1 fully saturated rings. The summed E-state index contributed by atoms with van der Waals surface area (Å²) in [4.78, 5) is 36.2. The minimum absolute atomic E-state index is 0.105. The molecule has 1 saturated heterocycles. The topological polar surface area (TPSA) is 120 Å². The van der Waals surface area contributed by atoms with E-state index >= 15 is 0 Å². The minimum atomic E-state index is -0.886. The van der Waals surface area contributed by atoms with Gasteiger partial charge in [-0.2, -0.15) is 11.8 Å². The molecule has 5 N–H and O–H groups in total. The van der Waals surface area contributed by atoms with E-state index in [9.17, 15) is 19.5 Å². The third kappa shape index (κ3) is 7.50. The smallest absolute Gasteiger partial charge is 0.242 e. The molecule has 24 heavy (non-hydrogen) atoms. The summed E-state index contributed by atoms with van der Waals surface area (Å²) in [7, 11) is 0. The second kappa shape index (κ2) is 11.3. The van der Waals surface area contributed by atoms with Gasteiger partial charge in [-0.15, -0.1) is 0 Å². The van der Waals surface area contributed by atoms with E-state index in [1.54, 1.807) is 11.8 Å². The van der Waals surface area contributed by atoms with Gasteiger partial charge in [0, 0.05) is 25.9 Å². The van der Waals surface area contributed by atoms with Crippen LogP contribution in [0.5, 0.6) is 0 Å². The number of carbonyl (C=O) groups is 3. The van der Waals surface area contributed by atoms with Gasteiger partial charge in [0.05, 0.1) is 6.04 Å². The summed E-state index contributed by atoms with van der Waals surface area (Å²) in [6, 6.07) is -1.13. The molecular formula is C15H28N4O4S. The number of hydrogen-bond donors (Lipinski definition) is 5. The Kier molecular flexibility index (Phi) is 9.73. The molecule has 0 aliphatic carbocycles. The number of hydrogen-bond acceptors (Lipinski definition) is 6. The van der Waals surface area contributed by atoms with Gasteiger partial charge in [-0.05, 0) is 24.9 Å². The molecule has 1 aliphatic heterocycles. The lowest BCUT2D eigenvalue weighted by Crippen LogP contribution is -2.52. The number of thioether (sulfide) groups is 1. The third-order valence-corrected chi connectivity index (χ3v) is 4.39. The molecule has 138 valence electrons. The van der Waals surface area contributed by atoms with Gasteiger partial charge in [-0.25, -0.2) is 0 Å². The van der Waals surface area contributed by atoms with E-state index < -0.39 is 18.3 Å². The molecule has 0 spiro atoms. The van der Waals surface area contributed by atoms with E-state index in [0.29, 0.717) is 12.8 Å². The predicted molar refractivity (Wildman–Crippen MR) is 93.4 cm³/mol. The third-order valence-electron chi connectivity index (χ3n) is 3.75. The maximum Gasteiger partial charge on any atom is 0.242 e. The van der Waals surface area contributed by atoms with Gasteiger partial charge in [-0.3, -0.25) is 19.7 Å². The van der Waals surface area contributed by atoms with Crippen molar-refractivity contribution in [2.75, 3.05) is 25.1 Å². The van der Waals surface area contributed by atoms with E-state index in [2.05, 4.69) is 21.3 Å².